The molecule has 2 aromatic heterocycles. The molecule has 8 heteroatoms. The number of anilines is 2. The third-order valence-corrected chi connectivity index (χ3v) is 6.27. The van der Waals surface area contributed by atoms with Crippen molar-refractivity contribution >= 4 is 23.3 Å². The van der Waals surface area contributed by atoms with Crippen LogP contribution in [-0.4, -0.2) is 52.5 Å². The number of hydrogen-bond acceptors (Lipinski definition) is 6. The van der Waals surface area contributed by atoms with Crippen molar-refractivity contribution in [3.63, 3.8) is 0 Å². The second kappa shape index (κ2) is 9.51. The lowest BCUT2D eigenvalue weighted by Crippen LogP contribution is -2.36. The molecule has 0 atom stereocenters. The number of nitrogens with zero attached hydrogens (tertiary/aromatic N) is 4. The SMILES string of the molecule is N=c1cc(N2CCOc3cc(C(=O)N4CCCCC4)cnc32)ccn1C(=O)Cc1ccccc1. The quantitative estimate of drug-likeness (QED) is 0.648. The smallest absolute Gasteiger partial charge is 0.255 e. The van der Waals surface area contributed by atoms with E-state index in [0.29, 0.717) is 30.3 Å². The summed E-state index contributed by atoms with van der Waals surface area (Å²) in [5.74, 6) is 0.984. The van der Waals surface area contributed by atoms with Crippen molar-refractivity contribution in [1.29, 1.82) is 5.41 Å². The Morgan fingerprint density at radius 1 is 1.00 bits per heavy atom. The lowest BCUT2D eigenvalue weighted by atomic mass is 10.1. The normalized spacial score (nSPS) is 15.4. The first kappa shape index (κ1) is 21.9. The number of piperidine rings is 1. The molecule has 4 heterocycles. The fourth-order valence-electron chi connectivity index (χ4n) is 4.48. The molecule has 174 valence electrons. The summed E-state index contributed by atoms with van der Waals surface area (Å²) in [6, 6.07) is 14.7. The Morgan fingerprint density at radius 2 is 1.79 bits per heavy atom. The summed E-state index contributed by atoms with van der Waals surface area (Å²) in [6.07, 6.45) is 6.69. The number of pyridine rings is 2. The van der Waals surface area contributed by atoms with Gasteiger partial charge in [0.1, 0.15) is 12.1 Å². The number of ether oxygens (including phenoxy) is 1. The zero-order valence-corrected chi connectivity index (χ0v) is 18.9. The van der Waals surface area contributed by atoms with Crippen LogP contribution in [0.15, 0.2) is 60.9 Å². The minimum absolute atomic E-state index is 0.0122. The van der Waals surface area contributed by atoms with Gasteiger partial charge in [-0.1, -0.05) is 30.3 Å². The Morgan fingerprint density at radius 3 is 2.56 bits per heavy atom. The maximum Gasteiger partial charge on any atom is 0.255 e. The van der Waals surface area contributed by atoms with E-state index in [9.17, 15) is 9.59 Å². The van der Waals surface area contributed by atoms with Crippen LogP contribution < -0.4 is 15.1 Å². The van der Waals surface area contributed by atoms with Gasteiger partial charge >= 0.3 is 0 Å². The Labute approximate surface area is 197 Å². The fourth-order valence-corrected chi connectivity index (χ4v) is 4.48. The summed E-state index contributed by atoms with van der Waals surface area (Å²) in [5.41, 5.74) is 2.29. The fraction of sp³-hybridized carbons (Fsp3) is 0.308. The molecule has 1 saturated heterocycles. The van der Waals surface area contributed by atoms with Crippen LogP contribution in [0.25, 0.3) is 0 Å². The predicted octanol–water partition coefficient (Wildman–Crippen LogP) is 3.40. The van der Waals surface area contributed by atoms with Crippen molar-refractivity contribution in [2.24, 2.45) is 0 Å². The van der Waals surface area contributed by atoms with Gasteiger partial charge in [0.2, 0.25) is 5.91 Å². The van der Waals surface area contributed by atoms with Gasteiger partial charge in [-0.2, -0.15) is 0 Å². The Kier molecular flexibility index (Phi) is 6.12. The Balaban J connectivity index is 1.37. The zero-order valence-electron chi connectivity index (χ0n) is 18.9. The second-order valence-corrected chi connectivity index (χ2v) is 8.59. The van der Waals surface area contributed by atoms with E-state index < -0.39 is 0 Å². The molecule has 0 radical (unpaired) electrons. The molecular weight excluding hydrogens is 430 g/mol. The molecule has 0 spiro atoms. The van der Waals surface area contributed by atoms with Crippen LogP contribution in [0.3, 0.4) is 0 Å². The molecule has 3 aromatic rings. The number of aromatic nitrogens is 2. The Bertz CT molecular complexity index is 1260. The van der Waals surface area contributed by atoms with Crippen molar-refractivity contribution in [2.75, 3.05) is 31.1 Å². The first-order valence-corrected chi connectivity index (χ1v) is 11.6. The van der Waals surface area contributed by atoms with Gasteiger partial charge in [0.25, 0.3) is 5.91 Å². The van der Waals surface area contributed by atoms with Gasteiger partial charge < -0.3 is 14.5 Å². The first-order valence-electron chi connectivity index (χ1n) is 11.6. The molecule has 2 aliphatic heterocycles. The van der Waals surface area contributed by atoms with Gasteiger partial charge in [-0.05, 0) is 37.0 Å². The molecule has 1 amide bonds. The summed E-state index contributed by atoms with van der Waals surface area (Å²) in [5, 5.41) is 8.43. The van der Waals surface area contributed by atoms with Crippen LogP contribution >= 0.6 is 0 Å². The van der Waals surface area contributed by atoms with Crippen molar-refractivity contribution in [3.8, 4) is 5.75 Å². The van der Waals surface area contributed by atoms with E-state index in [1.165, 1.54) is 4.57 Å². The summed E-state index contributed by atoms with van der Waals surface area (Å²) in [6.45, 7) is 2.55. The van der Waals surface area contributed by atoms with Gasteiger partial charge in [0, 0.05) is 37.2 Å². The van der Waals surface area contributed by atoms with Crippen molar-refractivity contribution in [1.82, 2.24) is 14.5 Å². The molecule has 1 aromatic carbocycles. The molecule has 0 saturated carbocycles. The van der Waals surface area contributed by atoms with E-state index in [-0.39, 0.29) is 23.7 Å². The van der Waals surface area contributed by atoms with Gasteiger partial charge in [-0.3, -0.25) is 19.6 Å². The third kappa shape index (κ3) is 4.44. The first-order chi connectivity index (χ1) is 16.6. The standard InChI is InChI=1S/C26H27N5O3/c27-23-17-21(9-12-31(23)24(32)15-19-7-3-1-4-8-19)30-13-14-34-22-16-20(18-28-25(22)30)26(33)29-10-5-2-6-11-29/h1,3-4,7-9,12,16-18,27H,2,5-6,10-11,13-15H2. The highest BCUT2D eigenvalue weighted by Crippen LogP contribution is 2.35. The van der Waals surface area contributed by atoms with E-state index in [0.717, 1.165) is 43.6 Å². The largest absolute Gasteiger partial charge is 0.488 e. The zero-order chi connectivity index (χ0) is 23.5. The van der Waals surface area contributed by atoms with E-state index in [2.05, 4.69) is 4.98 Å². The summed E-state index contributed by atoms with van der Waals surface area (Å²) >= 11 is 0. The van der Waals surface area contributed by atoms with Crippen LogP contribution in [-0.2, 0) is 6.42 Å². The van der Waals surface area contributed by atoms with Crippen LogP contribution in [0.2, 0.25) is 0 Å². The van der Waals surface area contributed by atoms with Gasteiger partial charge in [-0.15, -0.1) is 0 Å². The third-order valence-electron chi connectivity index (χ3n) is 6.27. The number of carbonyl (C=O) groups excluding carboxylic acids is 2. The lowest BCUT2D eigenvalue weighted by Gasteiger charge is -2.31. The van der Waals surface area contributed by atoms with Crippen molar-refractivity contribution in [3.05, 3.63) is 77.5 Å². The van der Waals surface area contributed by atoms with Crippen LogP contribution in [0.1, 0.15) is 40.0 Å². The van der Waals surface area contributed by atoms with Crippen LogP contribution in [0, 0.1) is 5.41 Å². The van der Waals surface area contributed by atoms with Crippen molar-refractivity contribution < 1.29 is 14.3 Å². The second-order valence-electron chi connectivity index (χ2n) is 8.59. The molecule has 5 rings (SSSR count). The number of fused-ring (bicyclic) bond motifs is 1. The molecule has 0 aliphatic carbocycles. The molecule has 0 unspecified atom stereocenters. The average molecular weight is 458 g/mol. The maximum atomic E-state index is 12.9. The van der Waals surface area contributed by atoms with E-state index in [4.69, 9.17) is 10.1 Å². The Hall–Kier alpha value is -3.94. The molecule has 2 aliphatic rings. The maximum absolute atomic E-state index is 12.9. The van der Waals surface area contributed by atoms with Crippen LogP contribution in [0.5, 0.6) is 5.75 Å². The molecule has 1 N–H and O–H groups in total. The van der Waals surface area contributed by atoms with Gasteiger partial charge in [-0.25, -0.2) is 4.98 Å². The van der Waals surface area contributed by atoms with E-state index in [1.54, 1.807) is 24.5 Å². The predicted molar refractivity (Wildman–Crippen MR) is 128 cm³/mol. The van der Waals surface area contributed by atoms with Gasteiger partial charge in [0.05, 0.1) is 18.5 Å². The minimum Gasteiger partial charge on any atom is -0.488 e. The monoisotopic (exact) mass is 457 g/mol. The molecule has 8 nitrogen and oxygen atoms in total. The number of likely N-dealkylation sites (tertiary alicyclic amines) is 1. The average Bonchev–Trinajstić information content (AvgIpc) is 2.88. The number of carbonyl (C=O) groups is 2. The number of hydrogen-bond donors (Lipinski definition) is 1. The van der Waals surface area contributed by atoms with E-state index in [1.807, 2.05) is 46.2 Å². The topological polar surface area (TPSA) is 91.5 Å². The highest BCUT2D eigenvalue weighted by atomic mass is 16.5. The van der Waals surface area contributed by atoms with Gasteiger partial charge in [0.15, 0.2) is 11.6 Å². The highest BCUT2D eigenvalue weighted by Gasteiger charge is 2.25. The lowest BCUT2D eigenvalue weighted by molar-refractivity contribution is 0.0723. The van der Waals surface area contributed by atoms with E-state index >= 15 is 0 Å². The number of benzene rings is 1. The number of rotatable bonds is 4. The number of nitrogens with one attached hydrogen (secondary N) is 1. The molecule has 34 heavy (non-hydrogen) atoms. The highest BCUT2D eigenvalue weighted by molar-refractivity contribution is 5.95. The molecule has 0 bridgehead atoms. The summed E-state index contributed by atoms with van der Waals surface area (Å²) in [4.78, 5) is 34.0. The summed E-state index contributed by atoms with van der Waals surface area (Å²) < 4.78 is 7.18. The molecule has 1 fully saturated rings. The minimum atomic E-state index is -0.163. The molecular formula is C26H27N5O3. The summed E-state index contributed by atoms with van der Waals surface area (Å²) in [7, 11) is 0. The van der Waals surface area contributed by atoms with Crippen molar-refractivity contribution in [2.45, 2.75) is 25.7 Å². The van der Waals surface area contributed by atoms with Crippen LogP contribution in [0.4, 0.5) is 11.5 Å². The number of amides is 1.